The first kappa shape index (κ1) is 13.6. The van der Waals surface area contributed by atoms with E-state index in [0.717, 1.165) is 5.56 Å². The minimum Gasteiger partial charge on any atom is -0.390 e. The number of aliphatic hydroxyl groups is 1. The van der Waals surface area contributed by atoms with Gasteiger partial charge >= 0.3 is 0 Å². The summed E-state index contributed by atoms with van der Waals surface area (Å²) in [7, 11) is 0. The number of rotatable bonds is 3. The second-order valence-corrected chi connectivity index (χ2v) is 4.42. The number of benzene rings is 2. The second-order valence-electron chi connectivity index (χ2n) is 4.42. The lowest BCUT2D eigenvalue weighted by molar-refractivity contribution is -0.0551. The molecular weight excluding hydrogens is 253 g/mol. The van der Waals surface area contributed by atoms with E-state index in [9.17, 15) is 13.2 Å². The molecule has 1 nitrogen and oxygen atoms in total. The van der Waals surface area contributed by atoms with Crippen molar-refractivity contribution in [2.75, 3.05) is 6.61 Å². The highest BCUT2D eigenvalue weighted by Gasteiger charge is 2.33. The van der Waals surface area contributed by atoms with Gasteiger partial charge in [0.05, 0.1) is 0 Å². The van der Waals surface area contributed by atoms with Crippen molar-refractivity contribution in [3.63, 3.8) is 0 Å². The lowest BCUT2D eigenvalue weighted by atomic mass is 9.94. The van der Waals surface area contributed by atoms with Gasteiger partial charge in [-0.2, -0.15) is 8.78 Å². The van der Waals surface area contributed by atoms with Crippen molar-refractivity contribution in [2.45, 2.75) is 12.8 Å². The zero-order chi connectivity index (χ0) is 14.0. The SMILES string of the molecule is Cc1ccc(C(F)(F)CO)c(-c2cccc(F)c2)c1. The van der Waals surface area contributed by atoms with Gasteiger partial charge in [-0.3, -0.25) is 0 Å². The summed E-state index contributed by atoms with van der Waals surface area (Å²) in [4.78, 5) is 0. The molecule has 0 atom stereocenters. The fourth-order valence-electron chi connectivity index (χ4n) is 1.96. The molecule has 0 fully saturated rings. The summed E-state index contributed by atoms with van der Waals surface area (Å²) in [5, 5.41) is 8.82. The van der Waals surface area contributed by atoms with Gasteiger partial charge in [0.2, 0.25) is 0 Å². The van der Waals surface area contributed by atoms with Gasteiger partial charge in [0.25, 0.3) is 5.92 Å². The molecule has 2 aromatic rings. The number of aliphatic hydroxyl groups excluding tert-OH is 1. The first-order valence-corrected chi connectivity index (χ1v) is 5.80. The summed E-state index contributed by atoms with van der Waals surface area (Å²) in [6.07, 6.45) is 0. The molecule has 0 aliphatic carbocycles. The molecule has 4 heteroatoms. The Bertz CT molecular complexity index is 594. The molecule has 2 rings (SSSR count). The lowest BCUT2D eigenvalue weighted by Crippen LogP contribution is -2.19. The molecule has 0 heterocycles. The molecule has 0 saturated heterocycles. The summed E-state index contributed by atoms with van der Waals surface area (Å²) < 4.78 is 40.7. The lowest BCUT2D eigenvalue weighted by Gasteiger charge is -2.18. The maximum absolute atomic E-state index is 13.7. The molecule has 0 unspecified atom stereocenters. The summed E-state index contributed by atoms with van der Waals surface area (Å²) in [6.45, 7) is 0.488. The van der Waals surface area contributed by atoms with Crippen molar-refractivity contribution in [2.24, 2.45) is 0 Å². The van der Waals surface area contributed by atoms with Gasteiger partial charge in [-0.25, -0.2) is 4.39 Å². The monoisotopic (exact) mass is 266 g/mol. The van der Waals surface area contributed by atoms with Crippen LogP contribution in [0.15, 0.2) is 42.5 Å². The van der Waals surface area contributed by atoms with E-state index in [1.54, 1.807) is 25.1 Å². The first-order chi connectivity index (χ1) is 8.94. The third-order valence-electron chi connectivity index (χ3n) is 2.90. The van der Waals surface area contributed by atoms with Crippen LogP contribution in [0.1, 0.15) is 11.1 Å². The maximum Gasteiger partial charge on any atom is 0.296 e. The Kier molecular flexibility index (Phi) is 3.62. The molecule has 100 valence electrons. The molecular formula is C15H13F3O. The fraction of sp³-hybridized carbons (Fsp3) is 0.200. The Morgan fingerprint density at radius 1 is 1.11 bits per heavy atom. The quantitative estimate of drug-likeness (QED) is 0.893. The third-order valence-corrected chi connectivity index (χ3v) is 2.90. The Morgan fingerprint density at radius 3 is 2.47 bits per heavy atom. The van der Waals surface area contributed by atoms with Crippen LogP contribution in [0.3, 0.4) is 0 Å². The number of hydrogen-bond acceptors (Lipinski definition) is 1. The molecule has 0 saturated carbocycles. The highest BCUT2D eigenvalue weighted by molar-refractivity contribution is 5.69. The minimum absolute atomic E-state index is 0.235. The fourth-order valence-corrected chi connectivity index (χ4v) is 1.96. The summed E-state index contributed by atoms with van der Waals surface area (Å²) >= 11 is 0. The predicted octanol–water partition coefficient (Wildman–Crippen LogP) is 3.89. The zero-order valence-corrected chi connectivity index (χ0v) is 10.3. The zero-order valence-electron chi connectivity index (χ0n) is 10.3. The van der Waals surface area contributed by atoms with Crippen molar-refractivity contribution < 1.29 is 18.3 Å². The van der Waals surface area contributed by atoms with Crippen LogP contribution in [0.2, 0.25) is 0 Å². The van der Waals surface area contributed by atoms with Crippen LogP contribution >= 0.6 is 0 Å². The normalized spacial score (nSPS) is 11.6. The van der Waals surface area contributed by atoms with E-state index in [1.807, 2.05) is 0 Å². The van der Waals surface area contributed by atoms with Gasteiger partial charge in [0, 0.05) is 5.56 Å². The number of hydrogen-bond donors (Lipinski definition) is 1. The highest BCUT2D eigenvalue weighted by Crippen LogP contribution is 2.36. The highest BCUT2D eigenvalue weighted by atomic mass is 19.3. The topological polar surface area (TPSA) is 20.2 Å². The molecule has 0 radical (unpaired) electrons. The van der Waals surface area contributed by atoms with Gasteiger partial charge in [-0.15, -0.1) is 0 Å². The van der Waals surface area contributed by atoms with Gasteiger partial charge < -0.3 is 5.11 Å². The van der Waals surface area contributed by atoms with E-state index in [0.29, 0.717) is 5.56 Å². The van der Waals surface area contributed by atoms with Crippen molar-refractivity contribution in [1.29, 1.82) is 0 Å². The Morgan fingerprint density at radius 2 is 1.84 bits per heavy atom. The van der Waals surface area contributed by atoms with Crippen molar-refractivity contribution in [1.82, 2.24) is 0 Å². The Balaban J connectivity index is 2.65. The number of halogens is 3. The van der Waals surface area contributed by atoms with Gasteiger partial charge in [0.1, 0.15) is 12.4 Å². The van der Waals surface area contributed by atoms with E-state index in [4.69, 9.17) is 5.11 Å². The van der Waals surface area contributed by atoms with Crippen LogP contribution in [0.4, 0.5) is 13.2 Å². The van der Waals surface area contributed by atoms with E-state index in [-0.39, 0.29) is 11.1 Å². The molecule has 0 amide bonds. The van der Waals surface area contributed by atoms with Gasteiger partial charge in [0.15, 0.2) is 0 Å². The van der Waals surface area contributed by atoms with E-state index in [1.165, 1.54) is 24.3 Å². The number of alkyl halides is 2. The van der Waals surface area contributed by atoms with E-state index < -0.39 is 18.3 Å². The van der Waals surface area contributed by atoms with Crippen molar-refractivity contribution in [3.05, 3.63) is 59.4 Å². The number of aryl methyl sites for hydroxylation is 1. The van der Waals surface area contributed by atoms with Crippen LogP contribution < -0.4 is 0 Å². The van der Waals surface area contributed by atoms with E-state index >= 15 is 0 Å². The average Bonchev–Trinajstić information content (AvgIpc) is 2.38. The molecule has 0 bridgehead atoms. The standard InChI is InChI=1S/C15H13F3O/c1-10-5-6-14(15(17,18)9-19)13(7-10)11-3-2-4-12(16)8-11/h2-8,19H,9H2,1H3. The molecule has 0 aliphatic heterocycles. The Hall–Kier alpha value is -1.81. The van der Waals surface area contributed by atoms with Crippen LogP contribution in [0.25, 0.3) is 11.1 Å². The van der Waals surface area contributed by atoms with E-state index in [2.05, 4.69) is 0 Å². The van der Waals surface area contributed by atoms with Crippen LogP contribution in [0, 0.1) is 12.7 Å². The average molecular weight is 266 g/mol. The Labute approximate surface area is 109 Å². The summed E-state index contributed by atoms with van der Waals surface area (Å²) in [6, 6.07) is 9.86. The van der Waals surface area contributed by atoms with Crippen LogP contribution in [-0.2, 0) is 5.92 Å². The van der Waals surface area contributed by atoms with Crippen molar-refractivity contribution >= 4 is 0 Å². The summed E-state index contributed by atoms with van der Waals surface area (Å²) in [5.41, 5.74) is 1.09. The van der Waals surface area contributed by atoms with Gasteiger partial charge in [-0.1, -0.05) is 35.9 Å². The third kappa shape index (κ3) is 2.79. The molecule has 1 N–H and O–H groups in total. The molecule has 0 aliphatic rings. The van der Waals surface area contributed by atoms with Crippen LogP contribution in [0.5, 0.6) is 0 Å². The largest absolute Gasteiger partial charge is 0.390 e. The smallest absolute Gasteiger partial charge is 0.296 e. The van der Waals surface area contributed by atoms with Gasteiger partial charge in [-0.05, 0) is 30.2 Å². The van der Waals surface area contributed by atoms with Crippen molar-refractivity contribution in [3.8, 4) is 11.1 Å². The van der Waals surface area contributed by atoms with Crippen LogP contribution in [-0.4, -0.2) is 11.7 Å². The molecule has 2 aromatic carbocycles. The first-order valence-electron chi connectivity index (χ1n) is 5.80. The molecule has 0 spiro atoms. The second kappa shape index (κ2) is 5.05. The predicted molar refractivity (Wildman–Crippen MR) is 67.6 cm³/mol. The minimum atomic E-state index is -3.35. The molecule has 19 heavy (non-hydrogen) atoms. The maximum atomic E-state index is 13.7. The summed E-state index contributed by atoms with van der Waals surface area (Å²) in [5.74, 6) is -3.84. The molecule has 0 aromatic heterocycles.